The molecule has 0 saturated carbocycles. The van der Waals surface area contributed by atoms with Crippen LogP contribution in [0.5, 0.6) is 5.75 Å². The third kappa shape index (κ3) is 2.03. The van der Waals surface area contributed by atoms with Gasteiger partial charge in [0.05, 0.1) is 7.11 Å². The van der Waals surface area contributed by atoms with Crippen LogP contribution in [0.1, 0.15) is 5.56 Å². The maximum atomic E-state index is 10.9. The lowest BCUT2D eigenvalue weighted by Gasteiger charge is -2.09. The molecule has 14 heavy (non-hydrogen) atoms. The van der Waals surface area contributed by atoms with E-state index in [0.717, 1.165) is 0 Å². The van der Waals surface area contributed by atoms with E-state index in [9.17, 15) is 8.42 Å². The van der Waals surface area contributed by atoms with E-state index in [2.05, 4.69) is 0 Å². The van der Waals surface area contributed by atoms with Gasteiger partial charge in [-0.25, -0.2) is 0 Å². The molecule has 1 aromatic rings. The monoisotopic (exact) mass is 217 g/mol. The average molecular weight is 217 g/mol. The molecule has 0 aromatic heterocycles. The zero-order valence-corrected chi connectivity index (χ0v) is 8.41. The summed E-state index contributed by atoms with van der Waals surface area (Å²) in [5, 5.41) is 0. The van der Waals surface area contributed by atoms with E-state index in [-0.39, 0.29) is 17.0 Å². The molecule has 0 heterocycles. The summed E-state index contributed by atoms with van der Waals surface area (Å²) >= 11 is 0. The SMILES string of the molecule is COc1cccc(S(=O)(=O)O)c1CN. The van der Waals surface area contributed by atoms with Crippen molar-refractivity contribution in [1.29, 1.82) is 0 Å². The van der Waals surface area contributed by atoms with Gasteiger partial charge in [-0.1, -0.05) is 6.07 Å². The van der Waals surface area contributed by atoms with Crippen molar-refractivity contribution in [2.45, 2.75) is 11.4 Å². The summed E-state index contributed by atoms with van der Waals surface area (Å²) in [7, 11) is -2.83. The highest BCUT2D eigenvalue weighted by Crippen LogP contribution is 2.24. The van der Waals surface area contributed by atoms with Crippen LogP contribution in [-0.4, -0.2) is 20.1 Å². The molecule has 0 aliphatic rings. The molecular formula is C8H11NO4S. The van der Waals surface area contributed by atoms with Gasteiger partial charge in [0.2, 0.25) is 0 Å². The molecule has 0 spiro atoms. The minimum Gasteiger partial charge on any atom is -0.496 e. The van der Waals surface area contributed by atoms with Crippen LogP contribution in [0, 0.1) is 0 Å². The molecule has 0 bridgehead atoms. The van der Waals surface area contributed by atoms with E-state index in [1.165, 1.54) is 19.2 Å². The number of hydrogen-bond donors (Lipinski definition) is 2. The predicted molar refractivity (Wildman–Crippen MR) is 50.7 cm³/mol. The maximum Gasteiger partial charge on any atom is 0.294 e. The van der Waals surface area contributed by atoms with Gasteiger partial charge in [-0.15, -0.1) is 0 Å². The number of methoxy groups -OCH3 is 1. The summed E-state index contributed by atoms with van der Waals surface area (Å²) in [5.74, 6) is 0.350. The maximum absolute atomic E-state index is 10.9. The largest absolute Gasteiger partial charge is 0.496 e. The molecule has 6 heteroatoms. The van der Waals surface area contributed by atoms with Gasteiger partial charge in [0, 0.05) is 12.1 Å². The number of ether oxygens (including phenoxy) is 1. The minimum atomic E-state index is -4.24. The number of rotatable bonds is 3. The first-order valence-electron chi connectivity index (χ1n) is 3.84. The van der Waals surface area contributed by atoms with Crippen LogP contribution in [0.3, 0.4) is 0 Å². The van der Waals surface area contributed by atoms with Crippen molar-refractivity contribution in [3.63, 3.8) is 0 Å². The zero-order chi connectivity index (χ0) is 10.8. The molecule has 0 aliphatic carbocycles. The van der Waals surface area contributed by atoms with E-state index in [0.29, 0.717) is 5.75 Å². The third-order valence-electron chi connectivity index (χ3n) is 1.79. The topological polar surface area (TPSA) is 89.6 Å². The van der Waals surface area contributed by atoms with Gasteiger partial charge in [-0.05, 0) is 12.1 Å². The molecule has 0 aliphatic heterocycles. The van der Waals surface area contributed by atoms with Gasteiger partial charge in [-0.3, -0.25) is 4.55 Å². The van der Waals surface area contributed by atoms with Gasteiger partial charge in [0.15, 0.2) is 0 Å². The van der Waals surface area contributed by atoms with Gasteiger partial charge >= 0.3 is 0 Å². The molecule has 0 fully saturated rings. The third-order valence-corrected chi connectivity index (χ3v) is 2.73. The molecule has 0 saturated heterocycles. The Labute approximate surface area is 82.2 Å². The Morgan fingerprint density at radius 1 is 1.50 bits per heavy atom. The smallest absolute Gasteiger partial charge is 0.294 e. The Morgan fingerprint density at radius 3 is 2.57 bits per heavy atom. The Morgan fingerprint density at radius 2 is 2.14 bits per heavy atom. The number of hydrogen-bond acceptors (Lipinski definition) is 4. The molecule has 0 atom stereocenters. The predicted octanol–water partition coefficient (Wildman–Crippen LogP) is 0.401. The first-order valence-corrected chi connectivity index (χ1v) is 5.28. The van der Waals surface area contributed by atoms with Crippen LogP contribution in [0.25, 0.3) is 0 Å². The van der Waals surface area contributed by atoms with E-state index in [4.69, 9.17) is 15.0 Å². The van der Waals surface area contributed by atoms with E-state index >= 15 is 0 Å². The fourth-order valence-corrected chi connectivity index (χ4v) is 1.93. The van der Waals surface area contributed by atoms with Gasteiger partial charge in [0.25, 0.3) is 10.1 Å². The Kier molecular flexibility index (Phi) is 3.10. The summed E-state index contributed by atoms with van der Waals surface area (Å²) in [6, 6.07) is 4.33. The molecular weight excluding hydrogens is 206 g/mol. The molecule has 0 unspecified atom stereocenters. The zero-order valence-electron chi connectivity index (χ0n) is 7.60. The lowest BCUT2D eigenvalue weighted by molar-refractivity contribution is 0.406. The highest BCUT2D eigenvalue weighted by atomic mass is 32.2. The van der Waals surface area contributed by atoms with Crippen LogP contribution in [0.15, 0.2) is 23.1 Å². The van der Waals surface area contributed by atoms with Crippen molar-refractivity contribution in [2.24, 2.45) is 5.73 Å². The van der Waals surface area contributed by atoms with Crippen LogP contribution < -0.4 is 10.5 Å². The van der Waals surface area contributed by atoms with Crippen LogP contribution >= 0.6 is 0 Å². The van der Waals surface area contributed by atoms with E-state index in [1.54, 1.807) is 6.07 Å². The van der Waals surface area contributed by atoms with Gasteiger partial charge in [0.1, 0.15) is 10.6 Å². The van der Waals surface area contributed by atoms with Crippen molar-refractivity contribution >= 4 is 10.1 Å². The van der Waals surface area contributed by atoms with Gasteiger partial charge < -0.3 is 10.5 Å². The first-order chi connectivity index (χ1) is 6.50. The molecule has 0 radical (unpaired) electrons. The second-order valence-corrected chi connectivity index (χ2v) is 4.01. The van der Waals surface area contributed by atoms with E-state index in [1.807, 2.05) is 0 Å². The Bertz CT molecular complexity index is 427. The van der Waals surface area contributed by atoms with Crippen molar-refractivity contribution < 1.29 is 17.7 Å². The van der Waals surface area contributed by atoms with Gasteiger partial charge in [-0.2, -0.15) is 8.42 Å². The summed E-state index contributed by atoms with van der Waals surface area (Å²) in [6.45, 7) is -0.0147. The summed E-state index contributed by atoms with van der Waals surface area (Å²) < 4.78 is 35.6. The Hall–Kier alpha value is -1.11. The lowest BCUT2D eigenvalue weighted by Crippen LogP contribution is -2.08. The second-order valence-electron chi connectivity index (χ2n) is 2.62. The van der Waals surface area contributed by atoms with Crippen molar-refractivity contribution in [2.75, 3.05) is 7.11 Å². The summed E-state index contributed by atoms with van der Waals surface area (Å²) in [5.41, 5.74) is 5.64. The summed E-state index contributed by atoms with van der Waals surface area (Å²) in [6.07, 6.45) is 0. The standard InChI is InChI=1S/C8H11NO4S/c1-13-7-3-2-4-8(6(7)5-9)14(10,11)12/h2-4H,5,9H2,1H3,(H,10,11,12). The Balaban J connectivity index is 3.45. The van der Waals surface area contributed by atoms with Crippen molar-refractivity contribution in [3.05, 3.63) is 23.8 Å². The second kappa shape index (κ2) is 3.95. The molecule has 78 valence electrons. The number of benzene rings is 1. The molecule has 5 nitrogen and oxygen atoms in total. The minimum absolute atomic E-state index is 0.0147. The van der Waals surface area contributed by atoms with Crippen molar-refractivity contribution in [1.82, 2.24) is 0 Å². The quantitative estimate of drug-likeness (QED) is 0.715. The normalized spacial score (nSPS) is 11.4. The number of nitrogens with two attached hydrogens (primary N) is 1. The average Bonchev–Trinajstić information content (AvgIpc) is 2.15. The lowest BCUT2D eigenvalue weighted by atomic mass is 10.2. The van der Waals surface area contributed by atoms with E-state index < -0.39 is 10.1 Å². The molecule has 1 rings (SSSR count). The fraction of sp³-hybridized carbons (Fsp3) is 0.250. The molecule has 0 amide bonds. The fourth-order valence-electron chi connectivity index (χ4n) is 1.18. The highest BCUT2D eigenvalue weighted by Gasteiger charge is 2.17. The first kappa shape index (κ1) is 11.0. The van der Waals surface area contributed by atoms with Crippen LogP contribution in [0.4, 0.5) is 0 Å². The molecule has 3 N–H and O–H groups in total. The van der Waals surface area contributed by atoms with Crippen LogP contribution in [-0.2, 0) is 16.7 Å². The van der Waals surface area contributed by atoms with Crippen molar-refractivity contribution in [3.8, 4) is 5.75 Å². The molecule has 1 aromatic carbocycles. The van der Waals surface area contributed by atoms with Crippen LogP contribution in [0.2, 0.25) is 0 Å². The summed E-state index contributed by atoms with van der Waals surface area (Å²) in [4.78, 5) is -0.209. The highest BCUT2D eigenvalue weighted by molar-refractivity contribution is 7.85.